The van der Waals surface area contributed by atoms with E-state index >= 15 is 0 Å². The van der Waals surface area contributed by atoms with Crippen LogP contribution in [0.25, 0.3) is 0 Å². The normalized spacial score (nSPS) is 39.9. The number of allylic oxidation sites excluding steroid dienone is 2. The van der Waals surface area contributed by atoms with E-state index < -0.39 is 68.7 Å². The number of hydrogen-bond acceptors (Lipinski definition) is 9. The Hall–Kier alpha value is -2.39. The lowest BCUT2D eigenvalue weighted by Crippen LogP contribution is -2.65. The standard InChI is InChI=1S/C34H50O9/c1-18(35)42-22-15-21-20(30(5,6)28(22)39)11-12-24-31(7)16-23(43-19(2)36)27(32(31,8)17-26(38)33(21,24)9)34(10,41)25(37)13-14-29(3,4)40/h11,21-24,27,40-41H,12-17H2,1-10H3/t21-,22+,23-,24+,27+,31+,32-,33+,34+/m1/s1. The molecule has 0 aromatic heterocycles. The average Bonchev–Trinajstić information content (AvgIpc) is 3.06. The monoisotopic (exact) mass is 602 g/mol. The molecule has 9 atom stereocenters. The highest BCUT2D eigenvalue weighted by Crippen LogP contribution is 2.74. The second-order valence-electron chi connectivity index (χ2n) is 15.8. The Balaban J connectivity index is 1.83. The molecule has 4 aliphatic rings. The topological polar surface area (TPSA) is 144 Å². The molecule has 4 rings (SSSR count). The van der Waals surface area contributed by atoms with Gasteiger partial charge in [0.25, 0.3) is 0 Å². The molecule has 9 heteroatoms. The van der Waals surface area contributed by atoms with Crippen molar-refractivity contribution in [3.8, 4) is 0 Å². The minimum Gasteiger partial charge on any atom is -0.462 e. The lowest BCUT2D eigenvalue weighted by Gasteiger charge is -2.64. The van der Waals surface area contributed by atoms with E-state index in [0.717, 1.165) is 5.57 Å². The number of ketones is 3. The molecule has 0 bridgehead atoms. The van der Waals surface area contributed by atoms with E-state index in [0.29, 0.717) is 12.8 Å². The number of hydrogen-bond donors (Lipinski definition) is 2. The molecule has 2 N–H and O–H groups in total. The van der Waals surface area contributed by atoms with Gasteiger partial charge in [-0.1, -0.05) is 32.4 Å². The fourth-order valence-corrected chi connectivity index (χ4v) is 9.80. The van der Waals surface area contributed by atoms with Crippen LogP contribution >= 0.6 is 0 Å². The number of Topliss-reactive ketones (excluding diaryl/α,β-unsaturated/α-hetero) is 3. The van der Waals surface area contributed by atoms with Gasteiger partial charge in [-0.05, 0) is 83.0 Å². The third-order valence-corrected chi connectivity index (χ3v) is 12.1. The van der Waals surface area contributed by atoms with Crippen molar-refractivity contribution in [2.75, 3.05) is 0 Å². The highest BCUT2D eigenvalue weighted by Gasteiger charge is 2.75. The van der Waals surface area contributed by atoms with Crippen molar-refractivity contribution in [3.05, 3.63) is 11.6 Å². The van der Waals surface area contributed by atoms with Gasteiger partial charge in [0.15, 0.2) is 17.7 Å². The molecule has 0 heterocycles. The fraction of sp³-hybridized carbons (Fsp3) is 0.794. The Morgan fingerprint density at radius 3 is 2.07 bits per heavy atom. The molecule has 240 valence electrons. The quantitative estimate of drug-likeness (QED) is 0.322. The Labute approximate surface area is 255 Å². The number of carbonyl (C=O) groups is 5. The molecule has 0 amide bonds. The van der Waals surface area contributed by atoms with Gasteiger partial charge >= 0.3 is 11.9 Å². The zero-order valence-corrected chi connectivity index (χ0v) is 27.5. The molecule has 0 aromatic carbocycles. The van der Waals surface area contributed by atoms with Crippen molar-refractivity contribution in [2.24, 2.45) is 39.4 Å². The molecule has 9 nitrogen and oxygen atoms in total. The minimum absolute atomic E-state index is 0.0342. The Bertz CT molecular complexity index is 1270. The van der Waals surface area contributed by atoms with Crippen molar-refractivity contribution < 1.29 is 43.7 Å². The summed E-state index contributed by atoms with van der Waals surface area (Å²) in [5.74, 6) is -3.23. The van der Waals surface area contributed by atoms with E-state index in [-0.39, 0.29) is 49.1 Å². The Kier molecular flexibility index (Phi) is 8.05. The summed E-state index contributed by atoms with van der Waals surface area (Å²) in [6.45, 7) is 16.9. The van der Waals surface area contributed by atoms with Gasteiger partial charge in [-0.25, -0.2) is 0 Å². The zero-order valence-electron chi connectivity index (χ0n) is 27.5. The van der Waals surface area contributed by atoms with Crippen LogP contribution in [0.3, 0.4) is 0 Å². The number of carbonyl (C=O) groups excluding carboxylic acids is 5. The van der Waals surface area contributed by atoms with Crippen LogP contribution in [-0.4, -0.2) is 62.9 Å². The van der Waals surface area contributed by atoms with Crippen molar-refractivity contribution in [1.29, 1.82) is 0 Å². The van der Waals surface area contributed by atoms with Gasteiger partial charge in [-0.2, -0.15) is 0 Å². The average molecular weight is 603 g/mol. The van der Waals surface area contributed by atoms with Gasteiger partial charge in [0.1, 0.15) is 17.5 Å². The molecule has 4 aliphatic carbocycles. The van der Waals surface area contributed by atoms with Gasteiger partial charge in [0.05, 0.1) is 5.60 Å². The third-order valence-electron chi connectivity index (χ3n) is 12.1. The first-order chi connectivity index (χ1) is 19.4. The largest absolute Gasteiger partial charge is 0.462 e. The molecule has 0 spiro atoms. The summed E-state index contributed by atoms with van der Waals surface area (Å²) in [5, 5.41) is 22.3. The van der Waals surface area contributed by atoms with Crippen LogP contribution in [0, 0.1) is 39.4 Å². The summed E-state index contributed by atoms with van der Waals surface area (Å²) in [4.78, 5) is 66.0. The molecular weight excluding hydrogens is 552 g/mol. The van der Waals surface area contributed by atoms with E-state index in [1.807, 2.05) is 27.7 Å². The molecule has 3 fully saturated rings. The lowest BCUT2D eigenvalue weighted by molar-refractivity contribution is -0.188. The highest BCUT2D eigenvalue weighted by atomic mass is 16.5. The number of fused-ring (bicyclic) bond motifs is 5. The van der Waals surface area contributed by atoms with Crippen LogP contribution in [0.15, 0.2) is 11.6 Å². The van der Waals surface area contributed by atoms with E-state index in [1.54, 1.807) is 13.8 Å². The van der Waals surface area contributed by atoms with Gasteiger partial charge in [-0.3, -0.25) is 24.0 Å². The summed E-state index contributed by atoms with van der Waals surface area (Å²) in [5.41, 5.74) is -5.55. The predicted octanol–water partition coefficient (Wildman–Crippen LogP) is 4.29. The molecule has 3 saturated carbocycles. The van der Waals surface area contributed by atoms with Crippen LogP contribution in [0.2, 0.25) is 0 Å². The van der Waals surface area contributed by atoms with Crippen molar-refractivity contribution >= 4 is 29.3 Å². The molecule has 0 aliphatic heterocycles. The molecular formula is C34H50O9. The Morgan fingerprint density at radius 2 is 1.53 bits per heavy atom. The van der Waals surface area contributed by atoms with Crippen LogP contribution in [-0.2, 0) is 33.4 Å². The van der Waals surface area contributed by atoms with Crippen LogP contribution in [0.5, 0.6) is 0 Å². The second-order valence-corrected chi connectivity index (χ2v) is 15.8. The SMILES string of the molecule is CC(=O)O[C@H]1C[C@@H]2C(=CC[C@@H]3[C@@]2(C)C(=O)C[C@]2(C)[C@@H]([C@@](C)(O)C(=O)CCC(C)(C)O)[C@H](OC(C)=O)C[C@@]32C)C(C)(C)C1=O. The summed E-state index contributed by atoms with van der Waals surface area (Å²) < 4.78 is 11.4. The predicted molar refractivity (Wildman–Crippen MR) is 157 cm³/mol. The molecule has 0 saturated heterocycles. The maximum absolute atomic E-state index is 14.6. The number of aliphatic hydroxyl groups is 2. The first kappa shape index (κ1) is 33.5. The molecule has 0 aromatic rings. The molecule has 43 heavy (non-hydrogen) atoms. The number of esters is 2. The van der Waals surface area contributed by atoms with E-state index in [1.165, 1.54) is 20.8 Å². The second kappa shape index (κ2) is 10.3. The first-order valence-corrected chi connectivity index (χ1v) is 15.5. The number of ether oxygens (including phenoxy) is 2. The summed E-state index contributed by atoms with van der Waals surface area (Å²) in [7, 11) is 0. The fourth-order valence-electron chi connectivity index (χ4n) is 9.80. The van der Waals surface area contributed by atoms with Gasteiger partial charge in [0.2, 0.25) is 0 Å². The van der Waals surface area contributed by atoms with Crippen LogP contribution in [0.1, 0.15) is 108 Å². The van der Waals surface area contributed by atoms with Crippen LogP contribution < -0.4 is 0 Å². The minimum atomic E-state index is -1.93. The maximum Gasteiger partial charge on any atom is 0.303 e. The van der Waals surface area contributed by atoms with Crippen molar-refractivity contribution in [1.82, 2.24) is 0 Å². The summed E-state index contributed by atoms with van der Waals surface area (Å²) in [6.07, 6.45) is 1.48. The van der Waals surface area contributed by atoms with Crippen LogP contribution in [0.4, 0.5) is 0 Å². The van der Waals surface area contributed by atoms with Gasteiger partial charge in [-0.15, -0.1) is 0 Å². The van der Waals surface area contributed by atoms with Gasteiger partial charge in [0, 0.05) is 43.4 Å². The zero-order chi connectivity index (χ0) is 32.7. The van der Waals surface area contributed by atoms with E-state index in [9.17, 15) is 34.2 Å². The van der Waals surface area contributed by atoms with Crippen molar-refractivity contribution in [2.45, 2.75) is 131 Å². The van der Waals surface area contributed by atoms with E-state index in [2.05, 4.69) is 13.0 Å². The maximum atomic E-state index is 14.6. The summed E-state index contributed by atoms with van der Waals surface area (Å²) in [6, 6.07) is 0. The van der Waals surface area contributed by atoms with Gasteiger partial charge < -0.3 is 19.7 Å². The molecule has 0 radical (unpaired) electrons. The van der Waals surface area contributed by atoms with E-state index in [4.69, 9.17) is 9.47 Å². The smallest absolute Gasteiger partial charge is 0.303 e. The van der Waals surface area contributed by atoms with Crippen molar-refractivity contribution in [3.63, 3.8) is 0 Å². The summed E-state index contributed by atoms with van der Waals surface area (Å²) >= 11 is 0. The third kappa shape index (κ3) is 5.02. The number of rotatable bonds is 7. The highest BCUT2D eigenvalue weighted by molar-refractivity contribution is 5.96. The first-order valence-electron chi connectivity index (χ1n) is 15.5. The lowest BCUT2D eigenvalue weighted by atomic mass is 9.38. The Morgan fingerprint density at radius 1 is 0.953 bits per heavy atom. The molecule has 0 unspecified atom stereocenters.